The fourth-order valence-electron chi connectivity index (χ4n) is 0.553. The third kappa shape index (κ3) is 1.05. The molecule has 6 nitrogen and oxygen atoms in total. The van der Waals surface area contributed by atoms with Gasteiger partial charge in [-0.2, -0.15) is 0 Å². The van der Waals surface area contributed by atoms with Gasteiger partial charge in [0.1, 0.15) is 0 Å². The van der Waals surface area contributed by atoms with Crippen molar-refractivity contribution in [2.75, 3.05) is 6.61 Å². The summed E-state index contributed by atoms with van der Waals surface area (Å²) in [6, 6.07) is 0. The van der Waals surface area contributed by atoms with E-state index in [4.69, 9.17) is 15.3 Å². The van der Waals surface area contributed by atoms with Gasteiger partial charge >= 0.3 is 12.1 Å². The van der Waals surface area contributed by atoms with Gasteiger partial charge in [0, 0.05) is 0 Å². The second-order valence-electron chi connectivity index (χ2n) is 2.47. The second-order valence-corrected chi connectivity index (χ2v) is 2.47. The molecule has 0 radical (unpaired) electrons. The number of ether oxygens (including phenoxy) is 2. The Hall–Kier alpha value is -0.850. The van der Waals surface area contributed by atoms with Crippen LogP contribution in [0.25, 0.3) is 0 Å². The molecule has 6 heteroatoms. The first-order chi connectivity index (χ1) is 4.91. The number of carbonyl (C=O) groups excluding carboxylic acids is 1. The average Bonchev–Trinajstić information content (AvgIpc) is 1.85. The van der Waals surface area contributed by atoms with Crippen LogP contribution >= 0.6 is 0 Å². The molecule has 0 saturated carbocycles. The van der Waals surface area contributed by atoms with Crippen LogP contribution in [0.3, 0.4) is 0 Å². The van der Waals surface area contributed by atoms with Gasteiger partial charge < -0.3 is 24.8 Å². The number of hydrogen-bond acceptors (Lipinski definition) is 6. The molecule has 0 aromatic carbocycles. The lowest BCUT2D eigenvalue weighted by atomic mass is 10.1. The Bertz CT molecular complexity index is 177. The molecular weight excluding hydrogens is 156 g/mol. The third-order valence-corrected chi connectivity index (χ3v) is 1.43. The maximum atomic E-state index is 10.1. The van der Waals surface area contributed by atoms with E-state index in [0.717, 1.165) is 6.92 Å². The summed E-state index contributed by atoms with van der Waals surface area (Å²) in [7, 11) is 0. The molecular formula is C5H8O6. The van der Waals surface area contributed by atoms with Crippen LogP contribution in [0.15, 0.2) is 0 Å². The Morgan fingerprint density at radius 2 is 2.09 bits per heavy atom. The molecule has 1 unspecified atom stereocenters. The molecule has 1 aliphatic heterocycles. The van der Waals surface area contributed by atoms with Crippen LogP contribution in [-0.4, -0.2) is 39.7 Å². The number of carbonyl (C=O) groups is 1. The van der Waals surface area contributed by atoms with E-state index in [0.29, 0.717) is 0 Å². The lowest BCUT2D eigenvalue weighted by molar-refractivity contribution is -0.447. The maximum absolute atomic E-state index is 10.1. The van der Waals surface area contributed by atoms with Crippen LogP contribution in [0.5, 0.6) is 0 Å². The molecule has 0 bridgehead atoms. The fourth-order valence-corrected chi connectivity index (χ4v) is 0.553. The lowest BCUT2D eigenvalue weighted by Gasteiger charge is -2.42. The van der Waals surface area contributed by atoms with Crippen LogP contribution in [0, 0.1) is 0 Å². The Balaban J connectivity index is 2.67. The maximum Gasteiger partial charge on any atom is 0.518 e. The molecule has 0 aliphatic carbocycles. The Morgan fingerprint density at radius 3 is 2.36 bits per heavy atom. The summed E-state index contributed by atoms with van der Waals surface area (Å²) in [4.78, 5) is 10.1. The van der Waals surface area contributed by atoms with Gasteiger partial charge in [0.25, 0.3) is 0 Å². The minimum Gasteiger partial charge on any atom is -0.393 e. The monoisotopic (exact) mass is 164 g/mol. The van der Waals surface area contributed by atoms with Gasteiger partial charge in [0.2, 0.25) is 0 Å². The standard InChI is InChI=1S/C5H8O6/c1-4(8,2-6)5(9)10-3(7)11-5/h6,8-9H,2H2,1H3. The van der Waals surface area contributed by atoms with Crippen LogP contribution in [0.2, 0.25) is 0 Å². The summed E-state index contributed by atoms with van der Waals surface area (Å²) in [6.45, 7) is 0.288. The van der Waals surface area contributed by atoms with E-state index in [2.05, 4.69) is 9.47 Å². The topological polar surface area (TPSA) is 96.2 Å². The van der Waals surface area contributed by atoms with E-state index in [1.165, 1.54) is 0 Å². The van der Waals surface area contributed by atoms with E-state index in [-0.39, 0.29) is 0 Å². The van der Waals surface area contributed by atoms with E-state index < -0.39 is 24.3 Å². The van der Waals surface area contributed by atoms with Gasteiger partial charge in [-0.3, -0.25) is 0 Å². The van der Waals surface area contributed by atoms with Gasteiger partial charge in [-0.1, -0.05) is 0 Å². The fraction of sp³-hybridized carbons (Fsp3) is 0.800. The molecule has 0 aromatic rings. The normalized spacial score (nSPS) is 26.0. The second kappa shape index (κ2) is 2.07. The molecule has 1 rings (SSSR count). The highest BCUT2D eigenvalue weighted by molar-refractivity contribution is 5.65. The highest BCUT2D eigenvalue weighted by Crippen LogP contribution is 2.32. The van der Waals surface area contributed by atoms with Gasteiger partial charge in [0.05, 0.1) is 6.61 Å². The first kappa shape index (κ1) is 8.25. The minimum absolute atomic E-state index is 0.781. The van der Waals surface area contributed by atoms with Crippen LogP contribution in [0.4, 0.5) is 4.79 Å². The molecule has 1 heterocycles. The van der Waals surface area contributed by atoms with Gasteiger partial charge in [-0.15, -0.1) is 0 Å². The molecule has 3 N–H and O–H groups in total. The smallest absolute Gasteiger partial charge is 0.393 e. The van der Waals surface area contributed by atoms with Crippen molar-refractivity contribution in [3.63, 3.8) is 0 Å². The number of rotatable bonds is 2. The third-order valence-electron chi connectivity index (χ3n) is 1.43. The number of cyclic esters (lactones) is 2. The van der Waals surface area contributed by atoms with Crippen LogP contribution in [-0.2, 0) is 9.47 Å². The number of hydrogen-bond donors (Lipinski definition) is 3. The van der Waals surface area contributed by atoms with Crippen molar-refractivity contribution in [3.05, 3.63) is 0 Å². The zero-order valence-electron chi connectivity index (χ0n) is 5.77. The molecule has 1 atom stereocenters. The number of aliphatic hydroxyl groups is 3. The van der Waals surface area contributed by atoms with E-state index in [9.17, 15) is 4.79 Å². The Morgan fingerprint density at radius 1 is 1.64 bits per heavy atom. The molecule has 11 heavy (non-hydrogen) atoms. The Kier molecular flexibility index (Phi) is 1.55. The predicted octanol–water partition coefficient (Wildman–Crippen LogP) is -1.46. The van der Waals surface area contributed by atoms with Crippen molar-refractivity contribution in [1.82, 2.24) is 0 Å². The molecule has 1 saturated heterocycles. The van der Waals surface area contributed by atoms with Crippen LogP contribution < -0.4 is 0 Å². The van der Waals surface area contributed by atoms with E-state index >= 15 is 0 Å². The highest BCUT2D eigenvalue weighted by Gasteiger charge is 2.61. The molecule has 1 fully saturated rings. The summed E-state index contributed by atoms with van der Waals surface area (Å²) in [5, 5.41) is 26.7. The number of aliphatic hydroxyl groups excluding tert-OH is 1. The molecule has 64 valence electrons. The SMILES string of the molecule is CC(O)(CO)C1(O)OC(=O)O1. The zero-order chi connectivity index (χ0) is 8.70. The molecule has 0 spiro atoms. The van der Waals surface area contributed by atoms with Crippen LogP contribution in [0.1, 0.15) is 6.92 Å². The average molecular weight is 164 g/mol. The summed E-state index contributed by atoms with van der Waals surface area (Å²) in [6.07, 6.45) is -1.08. The largest absolute Gasteiger partial charge is 0.518 e. The Labute approximate surface area is 62.0 Å². The lowest BCUT2D eigenvalue weighted by Crippen LogP contribution is -2.66. The summed E-state index contributed by atoms with van der Waals surface area (Å²) in [5.41, 5.74) is -2.00. The van der Waals surface area contributed by atoms with Crippen molar-refractivity contribution in [1.29, 1.82) is 0 Å². The van der Waals surface area contributed by atoms with Crippen molar-refractivity contribution in [2.45, 2.75) is 18.5 Å². The molecule has 0 amide bonds. The predicted molar refractivity (Wildman–Crippen MR) is 30.2 cm³/mol. The first-order valence-electron chi connectivity index (χ1n) is 2.89. The highest BCUT2D eigenvalue weighted by atomic mass is 17.0. The first-order valence-corrected chi connectivity index (χ1v) is 2.89. The van der Waals surface area contributed by atoms with Gasteiger partial charge in [-0.25, -0.2) is 4.79 Å². The van der Waals surface area contributed by atoms with Crippen molar-refractivity contribution in [3.8, 4) is 0 Å². The minimum atomic E-state index is -2.40. The van der Waals surface area contributed by atoms with Crippen molar-refractivity contribution >= 4 is 6.16 Å². The summed E-state index contributed by atoms with van der Waals surface area (Å²) >= 11 is 0. The molecule has 1 aliphatic rings. The summed E-state index contributed by atoms with van der Waals surface area (Å²) < 4.78 is 8.13. The summed E-state index contributed by atoms with van der Waals surface area (Å²) in [5.74, 6) is -2.40. The zero-order valence-corrected chi connectivity index (χ0v) is 5.77. The van der Waals surface area contributed by atoms with E-state index in [1.807, 2.05) is 0 Å². The van der Waals surface area contributed by atoms with Gasteiger partial charge in [-0.05, 0) is 6.92 Å². The quantitative estimate of drug-likeness (QED) is 0.432. The van der Waals surface area contributed by atoms with Crippen molar-refractivity contribution in [2.24, 2.45) is 0 Å². The van der Waals surface area contributed by atoms with Crippen molar-refractivity contribution < 1.29 is 29.6 Å². The molecule has 0 aromatic heterocycles. The van der Waals surface area contributed by atoms with Gasteiger partial charge in [0.15, 0.2) is 5.60 Å². The van der Waals surface area contributed by atoms with E-state index in [1.54, 1.807) is 0 Å².